The van der Waals surface area contributed by atoms with E-state index in [2.05, 4.69) is 10.0 Å². The van der Waals surface area contributed by atoms with E-state index in [0.29, 0.717) is 24.0 Å². The molecular formula is C32H41ClN6O6S. The van der Waals surface area contributed by atoms with Gasteiger partial charge in [0, 0.05) is 26.2 Å². The maximum Gasteiger partial charge on any atom is 0.325 e. The number of piperidine rings is 1. The van der Waals surface area contributed by atoms with Gasteiger partial charge in [-0.15, -0.1) is 12.4 Å². The molecule has 0 aliphatic carbocycles. The lowest BCUT2D eigenvalue weighted by Gasteiger charge is -2.33. The molecule has 1 aliphatic rings. The lowest BCUT2D eigenvalue weighted by molar-refractivity contribution is -0.150. The van der Waals surface area contributed by atoms with Gasteiger partial charge in [-0.05, 0) is 54.2 Å². The average molecular weight is 673 g/mol. The topological polar surface area (TPSA) is 175 Å². The molecular weight excluding hydrogens is 632 g/mol. The summed E-state index contributed by atoms with van der Waals surface area (Å²) in [6, 6.07) is 19.3. The minimum Gasteiger partial charge on any atom is -0.465 e. The van der Waals surface area contributed by atoms with Gasteiger partial charge in [0.15, 0.2) is 5.96 Å². The quantitative estimate of drug-likeness (QED) is 0.122. The summed E-state index contributed by atoms with van der Waals surface area (Å²) in [5, 5.41) is 12.1. The second-order valence-corrected chi connectivity index (χ2v) is 12.7. The zero-order valence-electron chi connectivity index (χ0n) is 25.7. The second kappa shape index (κ2) is 16.9. The van der Waals surface area contributed by atoms with Crippen molar-refractivity contribution in [3.63, 3.8) is 0 Å². The highest BCUT2D eigenvalue weighted by Gasteiger charge is 2.33. The van der Waals surface area contributed by atoms with Crippen molar-refractivity contribution in [2.24, 2.45) is 11.7 Å². The van der Waals surface area contributed by atoms with E-state index >= 15 is 0 Å². The molecule has 1 heterocycles. The Bertz CT molecular complexity index is 1620. The van der Waals surface area contributed by atoms with Gasteiger partial charge in [0.1, 0.15) is 12.6 Å². The van der Waals surface area contributed by atoms with Gasteiger partial charge in [0.25, 0.3) is 0 Å². The third kappa shape index (κ3) is 10.2. The largest absolute Gasteiger partial charge is 0.465 e. The van der Waals surface area contributed by atoms with E-state index < -0.39 is 46.8 Å². The molecule has 0 saturated carbocycles. The molecule has 0 aromatic heterocycles. The highest BCUT2D eigenvalue weighted by atomic mass is 35.5. The van der Waals surface area contributed by atoms with Crippen molar-refractivity contribution in [3.8, 4) is 0 Å². The molecule has 3 aromatic rings. The Labute approximate surface area is 275 Å². The first-order valence-corrected chi connectivity index (χ1v) is 16.4. The molecule has 14 heteroatoms. The summed E-state index contributed by atoms with van der Waals surface area (Å²) in [6.07, 6.45) is 1.14. The molecule has 248 valence electrons. The van der Waals surface area contributed by atoms with E-state index in [-0.39, 0.29) is 48.9 Å². The van der Waals surface area contributed by atoms with Gasteiger partial charge < -0.3 is 25.6 Å². The van der Waals surface area contributed by atoms with E-state index in [1.807, 2.05) is 18.2 Å². The van der Waals surface area contributed by atoms with E-state index in [0.717, 1.165) is 18.2 Å². The Hall–Kier alpha value is -4.20. The molecule has 12 nitrogen and oxygen atoms in total. The number of sulfonamides is 1. The van der Waals surface area contributed by atoms with Crippen molar-refractivity contribution in [3.05, 3.63) is 78.4 Å². The zero-order valence-corrected chi connectivity index (χ0v) is 27.3. The van der Waals surface area contributed by atoms with Gasteiger partial charge in [-0.2, -0.15) is 4.72 Å². The van der Waals surface area contributed by atoms with Gasteiger partial charge in [0.05, 0.1) is 17.9 Å². The molecule has 0 bridgehead atoms. The fraction of sp³-hybridized carbons (Fsp3) is 0.375. The summed E-state index contributed by atoms with van der Waals surface area (Å²) < 4.78 is 34.8. The number of ether oxygens (including phenoxy) is 1. The summed E-state index contributed by atoms with van der Waals surface area (Å²) in [6.45, 7) is 2.78. The number of likely N-dealkylation sites (tertiary alicyclic amines) is 1. The number of carbonyl (C=O) groups excluding carboxylic acids is 3. The van der Waals surface area contributed by atoms with E-state index in [1.54, 1.807) is 54.3 Å². The predicted octanol–water partition coefficient (Wildman–Crippen LogP) is 2.61. The number of hydrogen-bond donors (Lipinski definition) is 4. The monoisotopic (exact) mass is 672 g/mol. The molecule has 46 heavy (non-hydrogen) atoms. The van der Waals surface area contributed by atoms with Crippen LogP contribution in [0.2, 0.25) is 0 Å². The number of benzene rings is 3. The zero-order chi connectivity index (χ0) is 32.4. The van der Waals surface area contributed by atoms with Crippen LogP contribution in [0.3, 0.4) is 0 Å². The molecule has 4 rings (SSSR count). The van der Waals surface area contributed by atoms with Crippen LogP contribution in [0.25, 0.3) is 10.8 Å². The van der Waals surface area contributed by atoms with Crippen molar-refractivity contribution in [1.29, 1.82) is 5.41 Å². The van der Waals surface area contributed by atoms with Crippen LogP contribution in [-0.4, -0.2) is 80.8 Å². The Kier molecular flexibility index (Phi) is 13.3. The van der Waals surface area contributed by atoms with Crippen molar-refractivity contribution in [2.45, 2.75) is 43.7 Å². The lowest BCUT2D eigenvalue weighted by atomic mass is 9.98. The molecule has 1 saturated heterocycles. The highest BCUT2D eigenvalue weighted by Crippen LogP contribution is 2.20. The Balaban J connectivity index is 0.00000576. The molecule has 2 amide bonds. The molecule has 2 atom stereocenters. The number of esters is 1. The number of carbonyl (C=O) groups is 3. The predicted molar refractivity (Wildman–Crippen MR) is 178 cm³/mol. The van der Waals surface area contributed by atoms with E-state index in [1.165, 1.54) is 17.0 Å². The molecule has 1 fully saturated rings. The lowest BCUT2D eigenvalue weighted by Crippen LogP contribution is -2.52. The molecule has 5 N–H and O–H groups in total. The van der Waals surface area contributed by atoms with Gasteiger partial charge >= 0.3 is 5.97 Å². The van der Waals surface area contributed by atoms with Crippen LogP contribution in [0.5, 0.6) is 0 Å². The SMILES string of the molecule is CCOC(=O)CN(Cc1ccccc1)C(=O)[C@H](CC(=O)NC[C@@H]1CCCN(C(=N)N)C1)NS(=O)(=O)c1ccc2ccccc2c1.Cl. The van der Waals surface area contributed by atoms with Gasteiger partial charge in [-0.1, -0.05) is 60.7 Å². The van der Waals surface area contributed by atoms with Crippen LogP contribution in [0.15, 0.2) is 77.7 Å². The standard InChI is InChI=1S/C32H40N6O6S.ClH/c1-2-44-30(40)22-38(20-23-9-4-3-5-10-23)31(41)28(18-29(39)35-19-24-11-8-16-37(21-24)32(33)34)36-45(42,43)27-15-14-25-12-6-7-13-26(25)17-27;/h3-7,9-10,12-15,17,24,28,36H,2,8,11,16,18-22H2,1H3,(H3,33,34)(H,35,39);1H/t24-,28-;/m0./s1. The normalized spacial score (nSPS) is 15.3. The van der Waals surface area contributed by atoms with Gasteiger partial charge in [-0.3, -0.25) is 19.8 Å². The maximum atomic E-state index is 14.0. The number of hydrogen-bond acceptors (Lipinski definition) is 7. The number of nitrogens with two attached hydrogens (primary N) is 1. The smallest absolute Gasteiger partial charge is 0.325 e. The highest BCUT2D eigenvalue weighted by molar-refractivity contribution is 7.89. The van der Waals surface area contributed by atoms with Crippen molar-refractivity contribution >= 4 is 56.9 Å². The summed E-state index contributed by atoms with van der Waals surface area (Å²) in [7, 11) is -4.28. The first-order chi connectivity index (χ1) is 21.6. The minimum atomic E-state index is -4.28. The average Bonchev–Trinajstić information content (AvgIpc) is 3.03. The number of nitrogens with one attached hydrogen (secondary N) is 3. The van der Waals surface area contributed by atoms with Crippen molar-refractivity contribution in [1.82, 2.24) is 19.8 Å². The maximum absolute atomic E-state index is 14.0. The summed E-state index contributed by atoms with van der Waals surface area (Å²) in [4.78, 5) is 42.6. The number of amides is 2. The van der Waals surface area contributed by atoms with Crippen molar-refractivity contribution in [2.75, 3.05) is 32.8 Å². The molecule has 3 aromatic carbocycles. The fourth-order valence-electron chi connectivity index (χ4n) is 5.33. The molecule has 0 radical (unpaired) electrons. The van der Waals surface area contributed by atoms with E-state index in [9.17, 15) is 22.8 Å². The summed E-state index contributed by atoms with van der Waals surface area (Å²) in [5.41, 5.74) is 6.35. The Morgan fingerprint density at radius 1 is 1.07 bits per heavy atom. The third-order valence-electron chi connectivity index (χ3n) is 7.62. The summed E-state index contributed by atoms with van der Waals surface area (Å²) >= 11 is 0. The van der Waals surface area contributed by atoms with Gasteiger partial charge in [-0.25, -0.2) is 8.42 Å². The van der Waals surface area contributed by atoms with Crippen LogP contribution >= 0.6 is 12.4 Å². The van der Waals surface area contributed by atoms with Crippen LogP contribution in [0.4, 0.5) is 0 Å². The first-order valence-electron chi connectivity index (χ1n) is 14.9. The van der Waals surface area contributed by atoms with Crippen LogP contribution in [0.1, 0.15) is 31.7 Å². The van der Waals surface area contributed by atoms with Crippen molar-refractivity contribution < 1.29 is 27.5 Å². The van der Waals surface area contributed by atoms with Gasteiger partial charge in [0.2, 0.25) is 21.8 Å². The number of fused-ring (bicyclic) bond motifs is 1. The van der Waals surface area contributed by atoms with Crippen LogP contribution in [-0.2, 0) is 35.7 Å². The van der Waals surface area contributed by atoms with E-state index in [4.69, 9.17) is 15.9 Å². The molecule has 0 unspecified atom stereocenters. The fourth-order valence-corrected chi connectivity index (χ4v) is 6.56. The number of nitrogens with zero attached hydrogens (tertiary/aromatic N) is 2. The Morgan fingerprint density at radius 2 is 1.76 bits per heavy atom. The molecule has 1 aliphatic heterocycles. The van der Waals surface area contributed by atoms with Crippen LogP contribution < -0.4 is 15.8 Å². The first kappa shape index (κ1) is 36.3. The van der Waals surface area contributed by atoms with Crippen LogP contribution in [0, 0.1) is 11.3 Å². The molecule has 0 spiro atoms. The number of rotatable bonds is 13. The number of halogens is 1. The number of guanidine groups is 1. The summed E-state index contributed by atoms with van der Waals surface area (Å²) in [5.74, 6) is -1.93. The third-order valence-corrected chi connectivity index (χ3v) is 9.09. The second-order valence-electron chi connectivity index (χ2n) is 11.0. The Morgan fingerprint density at radius 3 is 2.46 bits per heavy atom. The minimum absolute atomic E-state index is 0.